The van der Waals surface area contributed by atoms with Crippen LogP contribution >= 0.6 is 0 Å². The number of hydrogen-bond donors (Lipinski definition) is 0. The van der Waals surface area contributed by atoms with Crippen molar-refractivity contribution in [3.05, 3.63) is 47.7 Å². The van der Waals surface area contributed by atoms with E-state index in [0.29, 0.717) is 18.6 Å². The molecule has 1 amide bonds. The standard InChI is InChI=1S/C16H16N2O2/c17-11-14-9-13(12-5-2-1-3-6-12)10-16(20-14)18-8-4-7-15(18)19/h1-3,5-6,9,13,16H,4,7-8,10H2/t13-,16-/m1/s1. The van der Waals surface area contributed by atoms with Gasteiger partial charge in [0.05, 0.1) is 0 Å². The highest BCUT2D eigenvalue weighted by molar-refractivity contribution is 5.78. The topological polar surface area (TPSA) is 53.3 Å². The fourth-order valence-electron chi connectivity index (χ4n) is 2.86. The smallest absolute Gasteiger partial charge is 0.225 e. The highest BCUT2D eigenvalue weighted by atomic mass is 16.5. The summed E-state index contributed by atoms with van der Waals surface area (Å²) in [5.74, 6) is 0.564. The Morgan fingerprint density at radius 3 is 2.75 bits per heavy atom. The molecule has 3 rings (SSSR count). The van der Waals surface area contributed by atoms with Gasteiger partial charge in [-0.2, -0.15) is 5.26 Å². The van der Waals surface area contributed by atoms with Crippen LogP contribution in [-0.2, 0) is 9.53 Å². The summed E-state index contributed by atoms with van der Waals surface area (Å²) in [6, 6.07) is 12.1. The Bertz CT molecular complexity index is 574. The second-order valence-corrected chi connectivity index (χ2v) is 5.16. The first-order valence-corrected chi connectivity index (χ1v) is 6.91. The normalized spacial score (nSPS) is 25.9. The molecule has 1 saturated heterocycles. The number of hydrogen-bond acceptors (Lipinski definition) is 3. The van der Waals surface area contributed by atoms with Gasteiger partial charge in [-0.25, -0.2) is 0 Å². The summed E-state index contributed by atoms with van der Waals surface area (Å²) in [6.07, 6.45) is 3.71. The lowest BCUT2D eigenvalue weighted by molar-refractivity contribution is -0.138. The number of likely N-dealkylation sites (tertiary alicyclic amines) is 1. The quantitative estimate of drug-likeness (QED) is 0.828. The van der Waals surface area contributed by atoms with Gasteiger partial charge in [0.25, 0.3) is 0 Å². The maximum atomic E-state index is 11.9. The number of nitrogens with zero attached hydrogens (tertiary/aromatic N) is 2. The summed E-state index contributed by atoms with van der Waals surface area (Å²) in [5, 5.41) is 9.14. The molecule has 2 heterocycles. The van der Waals surface area contributed by atoms with Crippen LogP contribution in [0.15, 0.2) is 42.2 Å². The minimum Gasteiger partial charge on any atom is -0.460 e. The Labute approximate surface area is 118 Å². The highest BCUT2D eigenvalue weighted by Gasteiger charge is 2.34. The molecule has 102 valence electrons. The predicted molar refractivity (Wildman–Crippen MR) is 73.3 cm³/mol. The number of benzene rings is 1. The van der Waals surface area contributed by atoms with E-state index in [9.17, 15) is 4.79 Å². The molecular formula is C16H16N2O2. The van der Waals surface area contributed by atoms with Gasteiger partial charge in [0.1, 0.15) is 6.07 Å². The molecule has 0 bridgehead atoms. The number of allylic oxidation sites excluding steroid dienone is 2. The molecule has 20 heavy (non-hydrogen) atoms. The third-order valence-electron chi connectivity index (χ3n) is 3.87. The molecule has 0 unspecified atom stereocenters. The summed E-state index contributed by atoms with van der Waals surface area (Å²) >= 11 is 0. The van der Waals surface area contributed by atoms with Crippen molar-refractivity contribution >= 4 is 5.91 Å². The lowest BCUT2D eigenvalue weighted by Gasteiger charge is -2.33. The summed E-state index contributed by atoms with van der Waals surface area (Å²) in [6.45, 7) is 0.726. The minimum atomic E-state index is -0.310. The molecule has 4 nitrogen and oxygen atoms in total. The van der Waals surface area contributed by atoms with Gasteiger partial charge >= 0.3 is 0 Å². The van der Waals surface area contributed by atoms with Crippen LogP contribution in [0.1, 0.15) is 30.7 Å². The summed E-state index contributed by atoms with van der Waals surface area (Å²) in [5.41, 5.74) is 1.15. The molecule has 2 aliphatic heterocycles. The molecule has 2 aliphatic rings. The van der Waals surface area contributed by atoms with Crippen molar-refractivity contribution in [1.82, 2.24) is 4.90 Å². The Balaban J connectivity index is 1.85. The van der Waals surface area contributed by atoms with Gasteiger partial charge in [-0.15, -0.1) is 0 Å². The van der Waals surface area contributed by atoms with Gasteiger partial charge in [-0.05, 0) is 18.1 Å². The Hall–Kier alpha value is -2.28. The molecule has 0 N–H and O–H groups in total. The van der Waals surface area contributed by atoms with E-state index in [0.717, 1.165) is 18.5 Å². The van der Waals surface area contributed by atoms with Crippen molar-refractivity contribution in [3.8, 4) is 6.07 Å². The predicted octanol–water partition coefficient (Wildman–Crippen LogP) is 2.55. The third-order valence-corrected chi connectivity index (χ3v) is 3.87. The van der Waals surface area contributed by atoms with Crippen LogP contribution < -0.4 is 0 Å². The first kappa shape index (κ1) is 12.7. The average Bonchev–Trinajstić information content (AvgIpc) is 2.94. The van der Waals surface area contributed by atoms with E-state index in [2.05, 4.69) is 6.07 Å². The largest absolute Gasteiger partial charge is 0.460 e. The first-order valence-electron chi connectivity index (χ1n) is 6.91. The zero-order valence-electron chi connectivity index (χ0n) is 11.2. The van der Waals surface area contributed by atoms with Gasteiger partial charge in [0.2, 0.25) is 5.91 Å². The molecule has 0 spiro atoms. The van der Waals surface area contributed by atoms with E-state index in [-0.39, 0.29) is 18.1 Å². The Morgan fingerprint density at radius 1 is 1.30 bits per heavy atom. The molecule has 1 aromatic rings. The van der Waals surface area contributed by atoms with Crippen LogP contribution in [0.3, 0.4) is 0 Å². The van der Waals surface area contributed by atoms with Crippen LogP contribution in [0, 0.1) is 11.3 Å². The molecule has 0 aromatic heterocycles. The number of carbonyl (C=O) groups is 1. The van der Waals surface area contributed by atoms with Gasteiger partial charge in [0.15, 0.2) is 12.0 Å². The fraction of sp³-hybridized carbons (Fsp3) is 0.375. The van der Waals surface area contributed by atoms with Crippen LogP contribution in [0.5, 0.6) is 0 Å². The van der Waals surface area contributed by atoms with E-state index in [1.165, 1.54) is 0 Å². The van der Waals surface area contributed by atoms with E-state index in [4.69, 9.17) is 10.00 Å². The minimum absolute atomic E-state index is 0.123. The van der Waals surface area contributed by atoms with Crippen LogP contribution in [0.25, 0.3) is 0 Å². The monoisotopic (exact) mass is 268 g/mol. The molecule has 2 atom stereocenters. The Kier molecular flexibility index (Phi) is 3.42. The first-order chi connectivity index (χ1) is 9.78. The average molecular weight is 268 g/mol. The van der Waals surface area contributed by atoms with Crippen molar-refractivity contribution in [2.45, 2.75) is 31.4 Å². The van der Waals surface area contributed by atoms with E-state index >= 15 is 0 Å². The SMILES string of the molecule is N#CC1=C[C@@H](c2ccccc2)C[C@H](N2CCCC2=O)O1. The fourth-order valence-corrected chi connectivity index (χ4v) is 2.86. The molecule has 1 aromatic carbocycles. The lowest BCUT2D eigenvalue weighted by atomic mass is 9.92. The van der Waals surface area contributed by atoms with Gasteiger partial charge in [-0.1, -0.05) is 30.3 Å². The third kappa shape index (κ3) is 2.39. The summed E-state index contributed by atoms with van der Waals surface area (Å²) in [4.78, 5) is 13.6. The second kappa shape index (κ2) is 5.38. The number of rotatable bonds is 2. The molecule has 0 radical (unpaired) electrons. The number of carbonyl (C=O) groups excluding carboxylic acids is 1. The second-order valence-electron chi connectivity index (χ2n) is 5.16. The summed E-state index contributed by atoms with van der Waals surface area (Å²) < 4.78 is 5.65. The van der Waals surface area contributed by atoms with Gasteiger partial charge in [-0.3, -0.25) is 4.79 Å². The van der Waals surface area contributed by atoms with Crippen LogP contribution in [0.4, 0.5) is 0 Å². The van der Waals surface area contributed by atoms with Crippen molar-refractivity contribution in [3.63, 3.8) is 0 Å². The number of nitriles is 1. The Morgan fingerprint density at radius 2 is 2.10 bits per heavy atom. The maximum Gasteiger partial charge on any atom is 0.225 e. The number of amides is 1. The van der Waals surface area contributed by atoms with Crippen LogP contribution in [0.2, 0.25) is 0 Å². The molecule has 0 saturated carbocycles. The van der Waals surface area contributed by atoms with Crippen molar-refractivity contribution < 1.29 is 9.53 Å². The molecular weight excluding hydrogens is 252 g/mol. The zero-order chi connectivity index (χ0) is 13.9. The highest BCUT2D eigenvalue weighted by Crippen LogP contribution is 2.33. The number of ether oxygens (including phenoxy) is 1. The van der Waals surface area contributed by atoms with Gasteiger partial charge in [0, 0.05) is 25.3 Å². The van der Waals surface area contributed by atoms with E-state index in [1.807, 2.05) is 36.4 Å². The van der Waals surface area contributed by atoms with E-state index in [1.54, 1.807) is 4.90 Å². The van der Waals surface area contributed by atoms with E-state index < -0.39 is 0 Å². The maximum absolute atomic E-state index is 11.9. The van der Waals surface area contributed by atoms with Gasteiger partial charge < -0.3 is 9.64 Å². The molecule has 0 aliphatic carbocycles. The van der Waals surface area contributed by atoms with Crippen molar-refractivity contribution in [2.75, 3.05) is 6.54 Å². The van der Waals surface area contributed by atoms with Crippen LogP contribution in [-0.4, -0.2) is 23.6 Å². The zero-order valence-corrected chi connectivity index (χ0v) is 11.2. The molecule has 1 fully saturated rings. The lowest BCUT2D eigenvalue weighted by Crippen LogP contribution is -2.40. The molecule has 4 heteroatoms. The van der Waals surface area contributed by atoms with Crippen molar-refractivity contribution in [2.24, 2.45) is 0 Å². The summed E-state index contributed by atoms with van der Waals surface area (Å²) in [7, 11) is 0. The van der Waals surface area contributed by atoms with Crippen molar-refractivity contribution in [1.29, 1.82) is 5.26 Å².